The van der Waals surface area contributed by atoms with Crippen LogP contribution in [0.2, 0.25) is 0 Å². The zero-order valence-electron chi connectivity index (χ0n) is 35.4. The molecule has 0 bridgehead atoms. The molecule has 324 valence electrons. The summed E-state index contributed by atoms with van der Waals surface area (Å²) in [6.45, 7) is 15.7. The van der Waals surface area contributed by atoms with Crippen LogP contribution < -0.4 is 20.7 Å². The number of alkyl carbamates (subject to hydrolysis) is 3. The summed E-state index contributed by atoms with van der Waals surface area (Å²) in [5, 5.41) is 34.5. The highest BCUT2D eigenvalue weighted by atomic mass is 16.6. The van der Waals surface area contributed by atoms with Gasteiger partial charge in [-0.05, 0) is 91.1 Å². The molecule has 0 fully saturated rings. The van der Waals surface area contributed by atoms with Crippen molar-refractivity contribution in [3.05, 3.63) is 102 Å². The zero-order chi connectivity index (χ0) is 45.0. The SMILES string of the molecule is CC(C)(C)OC(=O)NC(CC(=O)O)c1ccccc1.CC(C)(C)OC(=O)NC(CC(=O)O)c1ccccc1.COc1ccc(C(CC(=O)O)NC(=O)OC(C)(C)C)cc1. The lowest BCUT2D eigenvalue weighted by Gasteiger charge is -2.23. The normalized spacial score (nSPS) is 12.5. The first-order chi connectivity index (χ1) is 27.3. The van der Waals surface area contributed by atoms with Gasteiger partial charge in [0.1, 0.15) is 22.6 Å². The second-order valence-electron chi connectivity index (χ2n) is 16.0. The number of nitrogens with one attached hydrogen (secondary N) is 3. The molecule has 3 aromatic carbocycles. The Hall–Kier alpha value is -6.32. The van der Waals surface area contributed by atoms with Gasteiger partial charge in [0.2, 0.25) is 0 Å². The van der Waals surface area contributed by atoms with Crippen molar-refractivity contribution in [3.63, 3.8) is 0 Å². The van der Waals surface area contributed by atoms with Crippen molar-refractivity contribution in [3.8, 4) is 5.75 Å². The lowest BCUT2D eigenvalue weighted by molar-refractivity contribution is -0.138. The van der Waals surface area contributed by atoms with E-state index in [4.69, 9.17) is 34.3 Å². The molecular weight excluding hydrogens is 766 g/mol. The van der Waals surface area contributed by atoms with Crippen LogP contribution in [0.5, 0.6) is 5.75 Å². The van der Waals surface area contributed by atoms with Gasteiger partial charge < -0.3 is 50.2 Å². The van der Waals surface area contributed by atoms with E-state index in [1.54, 1.807) is 142 Å². The Kier molecular flexibility index (Phi) is 20.5. The van der Waals surface area contributed by atoms with Crippen LogP contribution in [-0.4, -0.2) is 75.4 Å². The van der Waals surface area contributed by atoms with Crippen molar-refractivity contribution in [1.29, 1.82) is 0 Å². The number of carbonyl (C=O) groups excluding carboxylic acids is 3. The Balaban J connectivity index is 0.000000443. The monoisotopic (exact) mass is 825 g/mol. The van der Waals surface area contributed by atoms with Crippen LogP contribution in [0.1, 0.15) is 116 Å². The molecule has 0 saturated heterocycles. The molecule has 3 amide bonds. The van der Waals surface area contributed by atoms with E-state index < -0.39 is 71.1 Å². The summed E-state index contributed by atoms with van der Waals surface area (Å²) in [6.07, 6.45) is -2.51. The quantitative estimate of drug-likeness (QED) is 0.0893. The van der Waals surface area contributed by atoms with Crippen LogP contribution in [0.25, 0.3) is 0 Å². The molecule has 16 nitrogen and oxygen atoms in total. The van der Waals surface area contributed by atoms with Gasteiger partial charge in [0.05, 0.1) is 44.5 Å². The third-order valence-electron chi connectivity index (χ3n) is 7.13. The van der Waals surface area contributed by atoms with Crippen molar-refractivity contribution in [2.24, 2.45) is 0 Å². The number of hydrogen-bond donors (Lipinski definition) is 6. The summed E-state index contributed by atoms with van der Waals surface area (Å²) < 4.78 is 20.5. The highest BCUT2D eigenvalue weighted by Gasteiger charge is 2.25. The van der Waals surface area contributed by atoms with Gasteiger partial charge in [-0.2, -0.15) is 0 Å². The van der Waals surface area contributed by atoms with Gasteiger partial charge >= 0.3 is 36.2 Å². The maximum absolute atomic E-state index is 11.8. The lowest BCUT2D eigenvalue weighted by Crippen LogP contribution is -2.35. The summed E-state index contributed by atoms with van der Waals surface area (Å²) in [7, 11) is 1.54. The van der Waals surface area contributed by atoms with Crippen molar-refractivity contribution < 1.29 is 63.0 Å². The minimum atomic E-state index is -1.01. The Labute approximate surface area is 345 Å². The Morgan fingerprint density at radius 2 is 0.712 bits per heavy atom. The van der Waals surface area contributed by atoms with E-state index in [1.165, 1.54) is 0 Å². The van der Waals surface area contributed by atoms with Crippen LogP contribution in [0, 0.1) is 0 Å². The largest absolute Gasteiger partial charge is 0.497 e. The number of methoxy groups -OCH3 is 1. The second-order valence-corrected chi connectivity index (χ2v) is 16.0. The minimum absolute atomic E-state index is 0.191. The second kappa shape index (κ2) is 23.8. The van der Waals surface area contributed by atoms with Gasteiger partial charge in [0, 0.05) is 0 Å². The number of benzene rings is 3. The van der Waals surface area contributed by atoms with E-state index in [9.17, 15) is 28.8 Å². The van der Waals surface area contributed by atoms with Crippen LogP contribution in [0.4, 0.5) is 14.4 Å². The number of carboxylic acid groups (broad SMARTS) is 3. The van der Waals surface area contributed by atoms with Gasteiger partial charge in [-0.15, -0.1) is 0 Å². The van der Waals surface area contributed by atoms with Crippen molar-refractivity contribution in [1.82, 2.24) is 16.0 Å². The molecule has 0 saturated carbocycles. The van der Waals surface area contributed by atoms with Crippen LogP contribution in [0.3, 0.4) is 0 Å². The molecule has 0 radical (unpaired) electrons. The molecule has 6 N–H and O–H groups in total. The lowest BCUT2D eigenvalue weighted by atomic mass is 10.0. The fraction of sp³-hybridized carbons (Fsp3) is 0.442. The fourth-order valence-corrected chi connectivity index (χ4v) is 4.84. The first-order valence-corrected chi connectivity index (χ1v) is 18.6. The van der Waals surface area contributed by atoms with Gasteiger partial charge in [-0.3, -0.25) is 14.4 Å². The Morgan fingerprint density at radius 1 is 0.458 bits per heavy atom. The topological polar surface area (TPSA) is 236 Å². The smallest absolute Gasteiger partial charge is 0.408 e. The minimum Gasteiger partial charge on any atom is -0.497 e. The average Bonchev–Trinajstić information content (AvgIpc) is 3.09. The molecule has 16 heteroatoms. The number of carboxylic acids is 3. The first kappa shape index (κ1) is 50.7. The molecule has 0 heterocycles. The average molecular weight is 826 g/mol. The Morgan fingerprint density at radius 3 is 0.932 bits per heavy atom. The number of amides is 3. The number of ether oxygens (including phenoxy) is 4. The summed E-state index contributed by atoms with van der Waals surface area (Å²) >= 11 is 0. The fourth-order valence-electron chi connectivity index (χ4n) is 4.84. The molecule has 3 rings (SSSR count). The molecule has 3 unspecified atom stereocenters. The van der Waals surface area contributed by atoms with E-state index in [1.807, 2.05) is 12.1 Å². The maximum atomic E-state index is 11.8. The summed E-state index contributed by atoms with van der Waals surface area (Å²) in [5.41, 5.74) is 0.261. The molecule has 0 aromatic heterocycles. The summed E-state index contributed by atoms with van der Waals surface area (Å²) in [5.74, 6) is -2.31. The van der Waals surface area contributed by atoms with Crippen molar-refractivity contribution >= 4 is 36.2 Å². The predicted molar refractivity (Wildman–Crippen MR) is 219 cm³/mol. The molecule has 59 heavy (non-hydrogen) atoms. The van der Waals surface area contributed by atoms with Crippen molar-refractivity contribution in [2.75, 3.05) is 7.11 Å². The summed E-state index contributed by atoms with van der Waals surface area (Å²) in [4.78, 5) is 67.9. The van der Waals surface area contributed by atoms with E-state index in [2.05, 4.69) is 16.0 Å². The van der Waals surface area contributed by atoms with E-state index in [0.29, 0.717) is 11.3 Å². The predicted octanol–water partition coefficient (Wildman–Crippen LogP) is 8.19. The molecule has 3 atom stereocenters. The Bertz CT molecular complexity index is 1700. The molecular formula is C43H59N3O13. The van der Waals surface area contributed by atoms with E-state index >= 15 is 0 Å². The van der Waals surface area contributed by atoms with Gasteiger partial charge in [-0.25, -0.2) is 14.4 Å². The number of carbonyl (C=O) groups is 6. The zero-order valence-corrected chi connectivity index (χ0v) is 35.4. The van der Waals surface area contributed by atoms with Crippen LogP contribution >= 0.6 is 0 Å². The molecule has 0 aliphatic carbocycles. The molecule has 0 spiro atoms. The number of rotatable bonds is 13. The highest BCUT2D eigenvalue weighted by Crippen LogP contribution is 2.22. The number of hydrogen-bond acceptors (Lipinski definition) is 10. The number of aliphatic carboxylic acids is 3. The van der Waals surface area contributed by atoms with Crippen molar-refractivity contribution in [2.45, 2.75) is 117 Å². The molecule has 0 aliphatic rings. The van der Waals surface area contributed by atoms with Crippen LogP contribution in [-0.2, 0) is 28.6 Å². The third kappa shape index (κ3) is 24.1. The maximum Gasteiger partial charge on any atom is 0.408 e. The first-order valence-electron chi connectivity index (χ1n) is 18.6. The highest BCUT2D eigenvalue weighted by molar-refractivity contribution is 5.73. The van der Waals surface area contributed by atoms with Gasteiger partial charge in [0.25, 0.3) is 0 Å². The standard InChI is InChI=1S/C15H21NO5.2C14H19NO4/c1-15(2,3)21-14(19)16-12(9-13(17)18)10-5-7-11(20-4)8-6-10;2*1-14(2,3)19-13(18)15-11(9-12(16)17)10-7-5-4-6-8-10/h5-8,12H,9H2,1-4H3,(H,16,19)(H,17,18);2*4-8,11H,9H2,1-3H3,(H,15,18)(H,16,17). The van der Waals surface area contributed by atoms with Gasteiger partial charge in [-0.1, -0.05) is 72.8 Å². The van der Waals surface area contributed by atoms with E-state index in [-0.39, 0.29) is 19.3 Å². The molecule has 0 aliphatic heterocycles. The van der Waals surface area contributed by atoms with Gasteiger partial charge in [0.15, 0.2) is 0 Å². The molecule has 3 aromatic rings. The summed E-state index contributed by atoms with van der Waals surface area (Å²) in [6, 6.07) is 22.9. The van der Waals surface area contributed by atoms with E-state index in [0.717, 1.165) is 11.1 Å². The van der Waals surface area contributed by atoms with Crippen LogP contribution in [0.15, 0.2) is 84.9 Å². The third-order valence-corrected chi connectivity index (χ3v) is 7.13.